The zero-order valence-electron chi connectivity index (χ0n) is 11.2. The SMILES string of the molecule is CC(N)c1cnc(N2CCC3CCC(C2)N3C)s1. The Morgan fingerprint density at radius 1 is 1.39 bits per heavy atom. The standard InChI is InChI=1S/C13H22N4S/c1-9(14)12-7-15-13(18-12)17-6-5-10-3-4-11(8-17)16(10)2/h7,9-11H,3-6,8,14H2,1-2H3. The molecule has 2 saturated heterocycles. The highest BCUT2D eigenvalue weighted by molar-refractivity contribution is 7.15. The minimum absolute atomic E-state index is 0.0994. The Labute approximate surface area is 113 Å². The van der Waals surface area contributed by atoms with E-state index in [1.807, 2.05) is 13.1 Å². The second kappa shape index (κ2) is 4.79. The molecule has 100 valence electrons. The quantitative estimate of drug-likeness (QED) is 0.887. The zero-order valence-corrected chi connectivity index (χ0v) is 12.0. The Bertz CT molecular complexity index is 417. The Balaban J connectivity index is 1.76. The second-order valence-electron chi connectivity index (χ2n) is 5.62. The minimum Gasteiger partial charge on any atom is -0.346 e. The molecule has 1 aromatic rings. The molecule has 2 bridgehead atoms. The van der Waals surface area contributed by atoms with E-state index in [1.165, 1.54) is 24.1 Å². The normalized spacial score (nSPS) is 30.5. The summed E-state index contributed by atoms with van der Waals surface area (Å²) in [5.74, 6) is 0. The first-order valence-electron chi connectivity index (χ1n) is 6.83. The Morgan fingerprint density at radius 3 is 2.89 bits per heavy atom. The van der Waals surface area contributed by atoms with Crippen molar-refractivity contribution in [2.24, 2.45) is 5.73 Å². The fraction of sp³-hybridized carbons (Fsp3) is 0.769. The maximum atomic E-state index is 5.91. The van der Waals surface area contributed by atoms with Gasteiger partial charge in [-0.1, -0.05) is 0 Å². The summed E-state index contributed by atoms with van der Waals surface area (Å²) >= 11 is 1.76. The molecule has 2 fully saturated rings. The molecule has 0 aromatic carbocycles. The van der Waals surface area contributed by atoms with Gasteiger partial charge in [-0.2, -0.15) is 0 Å². The molecule has 2 N–H and O–H groups in total. The molecule has 2 aliphatic rings. The lowest BCUT2D eigenvalue weighted by atomic mass is 10.1. The summed E-state index contributed by atoms with van der Waals surface area (Å²) in [6.07, 6.45) is 5.92. The van der Waals surface area contributed by atoms with Crippen LogP contribution in [-0.4, -0.2) is 42.1 Å². The summed E-state index contributed by atoms with van der Waals surface area (Å²) in [6.45, 7) is 4.28. The van der Waals surface area contributed by atoms with E-state index in [1.54, 1.807) is 11.3 Å². The smallest absolute Gasteiger partial charge is 0.185 e. The molecule has 5 heteroatoms. The maximum Gasteiger partial charge on any atom is 0.185 e. The highest BCUT2D eigenvalue weighted by Gasteiger charge is 2.35. The van der Waals surface area contributed by atoms with Crippen LogP contribution in [0.5, 0.6) is 0 Å². The van der Waals surface area contributed by atoms with Gasteiger partial charge in [0.15, 0.2) is 5.13 Å². The van der Waals surface area contributed by atoms with Gasteiger partial charge in [-0.25, -0.2) is 4.98 Å². The van der Waals surface area contributed by atoms with Crippen LogP contribution in [0.2, 0.25) is 0 Å². The van der Waals surface area contributed by atoms with Gasteiger partial charge in [0, 0.05) is 42.3 Å². The fourth-order valence-electron chi connectivity index (χ4n) is 3.12. The summed E-state index contributed by atoms with van der Waals surface area (Å²) in [6, 6.07) is 1.59. The Hall–Kier alpha value is -0.650. The molecule has 0 radical (unpaired) electrons. The first kappa shape index (κ1) is 12.4. The molecule has 0 aliphatic carbocycles. The molecule has 4 nitrogen and oxygen atoms in total. The molecule has 18 heavy (non-hydrogen) atoms. The molecule has 0 spiro atoms. The van der Waals surface area contributed by atoms with Crippen molar-refractivity contribution in [3.8, 4) is 0 Å². The van der Waals surface area contributed by atoms with Gasteiger partial charge >= 0.3 is 0 Å². The number of nitrogens with zero attached hydrogens (tertiary/aromatic N) is 3. The third-order valence-corrected chi connectivity index (χ3v) is 5.64. The highest BCUT2D eigenvalue weighted by atomic mass is 32.1. The molecule has 2 aliphatic heterocycles. The minimum atomic E-state index is 0.0994. The van der Waals surface area contributed by atoms with Crippen LogP contribution in [0.1, 0.15) is 37.1 Å². The fourth-order valence-corrected chi connectivity index (χ4v) is 4.02. The van der Waals surface area contributed by atoms with Crippen LogP contribution in [0.25, 0.3) is 0 Å². The number of hydrogen-bond acceptors (Lipinski definition) is 5. The van der Waals surface area contributed by atoms with Crippen molar-refractivity contribution >= 4 is 16.5 Å². The molecule has 3 heterocycles. The summed E-state index contributed by atoms with van der Waals surface area (Å²) in [5, 5.41) is 1.16. The average Bonchev–Trinajstić information content (AvgIpc) is 2.86. The Kier molecular flexibility index (Phi) is 3.30. The van der Waals surface area contributed by atoms with Crippen molar-refractivity contribution in [2.75, 3.05) is 25.0 Å². The molecule has 0 amide bonds. The van der Waals surface area contributed by atoms with E-state index in [2.05, 4.69) is 21.8 Å². The van der Waals surface area contributed by atoms with E-state index in [9.17, 15) is 0 Å². The molecule has 3 atom stereocenters. The molecular formula is C13H22N4S. The highest BCUT2D eigenvalue weighted by Crippen LogP contribution is 2.33. The van der Waals surface area contributed by atoms with Crippen LogP contribution < -0.4 is 10.6 Å². The van der Waals surface area contributed by atoms with Gasteiger partial charge in [0.1, 0.15) is 0 Å². The number of aromatic nitrogens is 1. The monoisotopic (exact) mass is 266 g/mol. The molecular weight excluding hydrogens is 244 g/mol. The number of fused-ring (bicyclic) bond motifs is 2. The largest absolute Gasteiger partial charge is 0.346 e. The van der Waals surface area contributed by atoms with E-state index in [4.69, 9.17) is 5.73 Å². The van der Waals surface area contributed by atoms with Gasteiger partial charge in [-0.15, -0.1) is 11.3 Å². The number of anilines is 1. The van der Waals surface area contributed by atoms with Crippen LogP contribution in [0.4, 0.5) is 5.13 Å². The summed E-state index contributed by atoms with van der Waals surface area (Å²) in [4.78, 5) is 10.8. The number of likely N-dealkylation sites (N-methyl/N-ethyl adjacent to an activating group) is 1. The lowest BCUT2D eigenvalue weighted by Gasteiger charge is -2.25. The lowest BCUT2D eigenvalue weighted by Crippen LogP contribution is -2.36. The van der Waals surface area contributed by atoms with Gasteiger partial charge in [0.2, 0.25) is 0 Å². The summed E-state index contributed by atoms with van der Waals surface area (Å²) in [5.41, 5.74) is 5.91. The summed E-state index contributed by atoms with van der Waals surface area (Å²) < 4.78 is 0. The van der Waals surface area contributed by atoms with Crippen molar-refractivity contribution in [2.45, 2.75) is 44.3 Å². The third kappa shape index (κ3) is 2.15. The third-order valence-electron chi connectivity index (χ3n) is 4.38. The van der Waals surface area contributed by atoms with Crippen molar-refractivity contribution in [1.82, 2.24) is 9.88 Å². The second-order valence-corrected chi connectivity index (χ2v) is 6.66. The van der Waals surface area contributed by atoms with Crippen LogP contribution in [0, 0.1) is 0 Å². The van der Waals surface area contributed by atoms with E-state index >= 15 is 0 Å². The zero-order chi connectivity index (χ0) is 12.7. The average molecular weight is 266 g/mol. The topological polar surface area (TPSA) is 45.4 Å². The van der Waals surface area contributed by atoms with Gasteiger partial charge in [-0.3, -0.25) is 4.90 Å². The van der Waals surface area contributed by atoms with Crippen molar-refractivity contribution in [3.63, 3.8) is 0 Å². The van der Waals surface area contributed by atoms with E-state index in [-0.39, 0.29) is 6.04 Å². The first-order chi connectivity index (χ1) is 8.65. The van der Waals surface area contributed by atoms with Crippen LogP contribution in [0.15, 0.2) is 6.20 Å². The number of rotatable bonds is 2. The lowest BCUT2D eigenvalue weighted by molar-refractivity contribution is 0.254. The van der Waals surface area contributed by atoms with Crippen molar-refractivity contribution in [3.05, 3.63) is 11.1 Å². The van der Waals surface area contributed by atoms with Gasteiger partial charge in [0.25, 0.3) is 0 Å². The maximum absolute atomic E-state index is 5.91. The number of hydrogen-bond donors (Lipinski definition) is 1. The van der Waals surface area contributed by atoms with E-state index in [0.29, 0.717) is 6.04 Å². The molecule has 1 aromatic heterocycles. The van der Waals surface area contributed by atoms with Gasteiger partial charge in [-0.05, 0) is 33.2 Å². The first-order valence-corrected chi connectivity index (χ1v) is 7.65. The van der Waals surface area contributed by atoms with Gasteiger partial charge in [0.05, 0.1) is 0 Å². The van der Waals surface area contributed by atoms with Crippen LogP contribution >= 0.6 is 11.3 Å². The molecule has 3 rings (SSSR count). The number of thiazole rings is 1. The summed E-state index contributed by atoms with van der Waals surface area (Å²) in [7, 11) is 2.28. The van der Waals surface area contributed by atoms with Crippen LogP contribution in [0.3, 0.4) is 0 Å². The molecule has 3 unspecified atom stereocenters. The number of nitrogens with two attached hydrogens (primary N) is 1. The van der Waals surface area contributed by atoms with Crippen molar-refractivity contribution < 1.29 is 0 Å². The van der Waals surface area contributed by atoms with Gasteiger partial charge < -0.3 is 10.6 Å². The van der Waals surface area contributed by atoms with Crippen LogP contribution in [-0.2, 0) is 0 Å². The Morgan fingerprint density at radius 2 is 2.17 bits per heavy atom. The predicted molar refractivity (Wildman–Crippen MR) is 76.1 cm³/mol. The molecule has 0 saturated carbocycles. The van der Waals surface area contributed by atoms with E-state index in [0.717, 1.165) is 24.3 Å². The predicted octanol–water partition coefficient (Wildman–Crippen LogP) is 1.84. The van der Waals surface area contributed by atoms with Crippen molar-refractivity contribution in [1.29, 1.82) is 0 Å². The van der Waals surface area contributed by atoms with E-state index < -0.39 is 0 Å².